The molecule has 16 nitrogen and oxygen atoms in total. The van der Waals surface area contributed by atoms with Gasteiger partial charge in [0.05, 0.1) is 23.7 Å². The molecule has 6 aromatic heterocycles. The topological polar surface area (TPSA) is 195 Å². The Balaban J connectivity index is 0.000000163. The number of ether oxygens (including phenoxy) is 1. The van der Waals surface area contributed by atoms with Crippen LogP contribution in [0.5, 0.6) is 0 Å². The summed E-state index contributed by atoms with van der Waals surface area (Å²) in [6.45, 7) is 10.0. The summed E-state index contributed by atoms with van der Waals surface area (Å²) in [5.74, 6) is 0.886. The van der Waals surface area contributed by atoms with E-state index in [-0.39, 0.29) is 24.2 Å². The number of carbonyl (C=O) groups excluding carboxylic acids is 2. The van der Waals surface area contributed by atoms with Crippen LogP contribution in [0, 0.1) is 0 Å². The highest BCUT2D eigenvalue weighted by molar-refractivity contribution is 6.76. The highest BCUT2D eigenvalue weighted by Gasteiger charge is 2.31. The van der Waals surface area contributed by atoms with Gasteiger partial charge < -0.3 is 38.9 Å². The van der Waals surface area contributed by atoms with Crippen molar-refractivity contribution in [3.8, 4) is 0 Å². The van der Waals surface area contributed by atoms with Gasteiger partial charge in [0.15, 0.2) is 17.2 Å². The number of nitrogens with zero attached hydrogens (tertiary/aromatic N) is 8. The minimum Gasteiger partial charge on any atom is -0.361 e. The maximum absolute atomic E-state index is 12.3. The summed E-state index contributed by atoms with van der Waals surface area (Å²) in [7, 11) is -1.02. The predicted molar refractivity (Wildman–Crippen MR) is 221 cm³/mol. The second kappa shape index (κ2) is 20.4. The lowest BCUT2D eigenvalue weighted by Gasteiger charge is -2.27. The first-order valence-electron chi connectivity index (χ1n) is 20.0. The van der Waals surface area contributed by atoms with Crippen LogP contribution >= 0.6 is 11.6 Å². The number of nitrogens with one attached hydrogen (secondary N) is 3. The molecule has 0 unspecified atom stereocenters. The van der Waals surface area contributed by atoms with Crippen LogP contribution in [0.1, 0.15) is 69.3 Å². The molecule has 6 aromatic rings. The standard InChI is InChI=1S/C17H16F3N5O2.C12H18ClN3OSi.C10H12F3N3O2/c18-17(19,20)5-1-2-12(26)14-11-8-25(7-4-13(11)27-24-14)16-10-3-6-21-15(10)22-9-23-16;1-18(2,3)7-6-17-9-16-5-4-10-11(13)14-8-15-12(10)16;11-10(12,13)2-4-15-9(17)8-6-5-14-3-1-7(6)18-16-8/h3,6,9H,1-2,4-5,7-8H2,(H,21,22,23);4-5,8H,6-7,9H2,1-3H3;14H,1-5H2,(H,15,17). The first-order chi connectivity index (χ1) is 29.9. The van der Waals surface area contributed by atoms with Crippen molar-refractivity contribution >= 4 is 59.2 Å². The van der Waals surface area contributed by atoms with Gasteiger partial charge in [-0.1, -0.05) is 41.6 Å². The van der Waals surface area contributed by atoms with Crippen molar-refractivity contribution in [3.05, 3.63) is 76.4 Å². The number of amides is 1. The summed E-state index contributed by atoms with van der Waals surface area (Å²) in [4.78, 5) is 45.7. The molecule has 3 N–H and O–H groups in total. The molecule has 8 heterocycles. The molecular formula is C39H46ClF6N11O5Si. The normalized spacial score (nSPS) is 14.1. The van der Waals surface area contributed by atoms with Crippen molar-refractivity contribution in [2.24, 2.45) is 0 Å². The van der Waals surface area contributed by atoms with Gasteiger partial charge in [-0.25, -0.2) is 19.9 Å². The highest BCUT2D eigenvalue weighted by Crippen LogP contribution is 2.31. The third-order valence-corrected chi connectivity index (χ3v) is 11.9. The van der Waals surface area contributed by atoms with Crippen LogP contribution in [0.4, 0.5) is 32.2 Å². The lowest BCUT2D eigenvalue weighted by atomic mass is 10.0. The monoisotopic (exact) mass is 925 g/mol. The number of fused-ring (bicyclic) bond motifs is 4. The maximum Gasteiger partial charge on any atom is 0.390 e. The minimum atomic E-state index is -4.28. The fourth-order valence-electron chi connectivity index (χ4n) is 6.62. The maximum atomic E-state index is 12.3. The van der Waals surface area contributed by atoms with Gasteiger partial charge in [-0.05, 0) is 24.6 Å². The van der Waals surface area contributed by atoms with E-state index in [0.29, 0.717) is 72.7 Å². The summed E-state index contributed by atoms with van der Waals surface area (Å²) in [5.41, 5.74) is 2.98. The summed E-state index contributed by atoms with van der Waals surface area (Å²) < 4.78 is 90.5. The lowest BCUT2D eigenvalue weighted by molar-refractivity contribution is -0.135. The Hall–Kier alpha value is -5.39. The largest absolute Gasteiger partial charge is 0.390 e. The Kier molecular flexibility index (Phi) is 15.3. The van der Waals surface area contributed by atoms with Crippen LogP contribution in [-0.4, -0.2) is 98.2 Å². The van der Waals surface area contributed by atoms with Gasteiger partial charge in [0.2, 0.25) is 0 Å². The van der Waals surface area contributed by atoms with Crippen molar-refractivity contribution in [3.63, 3.8) is 0 Å². The number of hydrogen-bond acceptors (Lipinski definition) is 13. The van der Waals surface area contributed by atoms with Crippen molar-refractivity contribution < 1.29 is 49.7 Å². The number of hydrogen-bond donors (Lipinski definition) is 3. The molecule has 2 aliphatic rings. The average Bonchev–Trinajstić information content (AvgIpc) is 4.04. The molecule has 0 saturated heterocycles. The van der Waals surface area contributed by atoms with Crippen LogP contribution in [-0.2, 0) is 37.4 Å². The lowest BCUT2D eigenvalue weighted by Crippen LogP contribution is -2.31. The van der Waals surface area contributed by atoms with E-state index in [2.05, 4.69) is 65.5 Å². The van der Waals surface area contributed by atoms with E-state index in [1.165, 1.54) is 18.7 Å². The van der Waals surface area contributed by atoms with Crippen LogP contribution < -0.4 is 15.5 Å². The Labute approximate surface area is 362 Å². The Bertz CT molecular complexity index is 2480. The molecule has 0 aromatic carbocycles. The SMILES string of the molecule is C[Si](C)(C)CCOCn1ccc2c(Cl)ncnc21.O=C(CCCC(F)(F)F)c1noc2c1CN(c1ncnc3[nH]ccc13)CC2.O=C(NCCC(F)(F)F)c1noc2c1CNCC2. The Morgan fingerprint density at radius 1 is 0.921 bits per heavy atom. The molecule has 0 atom stereocenters. The van der Waals surface area contributed by atoms with E-state index in [1.807, 2.05) is 27.8 Å². The number of ketones is 1. The molecule has 0 aliphatic carbocycles. The smallest absolute Gasteiger partial charge is 0.361 e. The molecule has 0 saturated carbocycles. The molecule has 0 spiro atoms. The molecule has 1 amide bonds. The molecule has 8 rings (SSSR count). The average molecular weight is 926 g/mol. The molecular weight excluding hydrogens is 880 g/mol. The van der Waals surface area contributed by atoms with E-state index in [4.69, 9.17) is 25.4 Å². The molecule has 24 heteroatoms. The predicted octanol–water partition coefficient (Wildman–Crippen LogP) is 7.82. The van der Waals surface area contributed by atoms with Gasteiger partial charge in [-0.3, -0.25) is 9.59 Å². The third kappa shape index (κ3) is 13.1. The number of anilines is 1. The Morgan fingerprint density at radius 2 is 1.65 bits per heavy atom. The summed E-state index contributed by atoms with van der Waals surface area (Å²) in [5, 5.41) is 14.9. The number of halogens is 7. The molecule has 0 fully saturated rings. The summed E-state index contributed by atoms with van der Waals surface area (Å²) in [6.07, 6.45) is -3.28. The van der Waals surface area contributed by atoms with Gasteiger partial charge in [0.25, 0.3) is 5.91 Å². The van der Waals surface area contributed by atoms with Crippen LogP contribution in [0.15, 0.2) is 46.2 Å². The van der Waals surface area contributed by atoms with Crippen molar-refractivity contribution in [1.29, 1.82) is 0 Å². The van der Waals surface area contributed by atoms with Crippen LogP contribution in [0.25, 0.3) is 22.1 Å². The van der Waals surface area contributed by atoms with Crippen LogP contribution in [0.3, 0.4) is 0 Å². The van der Waals surface area contributed by atoms with E-state index in [9.17, 15) is 35.9 Å². The number of carbonyl (C=O) groups is 2. The van der Waals surface area contributed by atoms with Gasteiger partial charge in [-0.2, -0.15) is 26.3 Å². The molecule has 0 radical (unpaired) electrons. The highest BCUT2D eigenvalue weighted by atomic mass is 35.5. The van der Waals surface area contributed by atoms with Gasteiger partial charge in [0, 0.05) is 90.1 Å². The molecule has 2 aliphatic heterocycles. The quantitative estimate of drug-likeness (QED) is 0.0334. The molecule has 63 heavy (non-hydrogen) atoms. The second-order valence-corrected chi connectivity index (χ2v) is 21.9. The van der Waals surface area contributed by atoms with Gasteiger partial charge >= 0.3 is 12.4 Å². The van der Waals surface area contributed by atoms with Crippen molar-refractivity contribution in [2.75, 3.05) is 31.1 Å². The number of rotatable bonds is 13. The zero-order valence-electron chi connectivity index (χ0n) is 34.6. The van der Waals surface area contributed by atoms with E-state index < -0.39 is 51.5 Å². The molecule has 0 bridgehead atoms. The minimum absolute atomic E-state index is 0.0689. The number of alkyl halides is 6. The van der Waals surface area contributed by atoms with E-state index >= 15 is 0 Å². The number of H-pyrrole nitrogens is 1. The summed E-state index contributed by atoms with van der Waals surface area (Å²) in [6, 6.07) is 4.96. The van der Waals surface area contributed by atoms with Gasteiger partial charge in [-0.15, -0.1) is 0 Å². The third-order valence-electron chi connectivity index (χ3n) is 9.93. The first kappa shape index (κ1) is 47.1. The fourth-order valence-corrected chi connectivity index (χ4v) is 7.57. The molecule has 340 valence electrons. The van der Waals surface area contributed by atoms with Crippen LogP contribution in [0.2, 0.25) is 30.8 Å². The first-order valence-corrected chi connectivity index (χ1v) is 24.1. The number of aromatic nitrogens is 8. The van der Waals surface area contributed by atoms with E-state index in [1.54, 1.807) is 6.20 Å². The summed E-state index contributed by atoms with van der Waals surface area (Å²) >= 11 is 5.99. The van der Waals surface area contributed by atoms with Gasteiger partial charge in [0.1, 0.15) is 53.2 Å². The van der Waals surface area contributed by atoms with E-state index in [0.717, 1.165) is 35.4 Å². The van der Waals surface area contributed by atoms with Crippen molar-refractivity contribution in [1.82, 2.24) is 50.4 Å². The number of Topliss-reactive ketones (excluding diaryl/α,β-unsaturated/α-hetero) is 1. The zero-order chi connectivity index (χ0) is 45.4. The zero-order valence-corrected chi connectivity index (χ0v) is 36.4. The second-order valence-electron chi connectivity index (χ2n) is 15.9. The number of aromatic amines is 1. The Morgan fingerprint density at radius 3 is 2.40 bits per heavy atom. The fraction of sp³-hybridized carbons (Fsp3) is 0.487. The van der Waals surface area contributed by atoms with Crippen molar-refractivity contribution in [2.45, 2.75) is 96.4 Å².